The van der Waals surface area contributed by atoms with Gasteiger partial charge in [0.25, 0.3) is 0 Å². The first-order valence-electron chi connectivity index (χ1n) is 7.72. The van der Waals surface area contributed by atoms with E-state index in [1.807, 2.05) is 13.0 Å². The van der Waals surface area contributed by atoms with Gasteiger partial charge >= 0.3 is 0 Å². The molecule has 1 aliphatic heterocycles. The summed E-state index contributed by atoms with van der Waals surface area (Å²) in [6.45, 7) is 2.58. The number of rotatable bonds is 1. The Bertz CT molecular complexity index is 835. The van der Waals surface area contributed by atoms with E-state index in [4.69, 9.17) is 15.0 Å². The quantitative estimate of drug-likeness (QED) is 0.812. The molecule has 2 aromatic rings. The second kappa shape index (κ2) is 5.17. The number of ether oxygens (including phenoxy) is 1. The van der Waals surface area contributed by atoms with E-state index in [0.717, 1.165) is 36.3 Å². The molecule has 0 N–H and O–H groups in total. The number of fused-ring (bicyclic) bond motifs is 1. The van der Waals surface area contributed by atoms with E-state index in [1.165, 1.54) is 11.1 Å². The van der Waals surface area contributed by atoms with Crippen LogP contribution in [0.2, 0.25) is 0 Å². The summed E-state index contributed by atoms with van der Waals surface area (Å²) in [7, 11) is 0. The van der Waals surface area contributed by atoms with E-state index in [9.17, 15) is 0 Å². The SMILES string of the molecule is CC1=NC2(CCc3cccc(-c4cnc(C#N)nc4)c3C2)CO1. The van der Waals surface area contributed by atoms with Crippen LogP contribution in [0.5, 0.6) is 0 Å². The molecule has 1 aliphatic carbocycles. The van der Waals surface area contributed by atoms with Gasteiger partial charge in [-0.3, -0.25) is 0 Å². The maximum atomic E-state index is 8.85. The zero-order chi connectivity index (χ0) is 15.9. The molecule has 2 aliphatic rings. The molecule has 5 nitrogen and oxygen atoms in total. The first kappa shape index (κ1) is 13.9. The molecule has 0 bridgehead atoms. The third-order valence-electron chi connectivity index (χ3n) is 4.65. The van der Waals surface area contributed by atoms with Crippen molar-refractivity contribution in [3.63, 3.8) is 0 Å². The van der Waals surface area contributed by atoms with Gasteiger partial charge < -0.3 is 4.74 Å². The molecule has 1 atom stereocenters. The smallest absolute Gasteiger partial charge is 0.232 e. The van der Waals surface area contributed by atoms with Crippen LogP contribution in [-0.4, -0.2) is 28.0 Å². The molecule has 4 rings (SSSR count). The third kappa shape index (κ3) is 2.36. The summed E-state index contributed by atoms with van der Waals surface area (Å²) >= 11 is 0. The number of hydrogen-bond donors (Lipinski definition) is 0. The summed E-state index contributed by atoms with van der Waals surface area (Å²) in [5.74, 6) is 0.979. The number of aryl methyl sites for hydroxylation is 1. The Morgan fingerprint density at radius 2 is 2.09 bits per heavy atom. The van der Waals surface area contributed by atoms with Crippen LogP contribution in [0.25, 0.3) is 11.1 Å². The van der Waals surface area contributed by atoms with Crippen molar-refractivity contribution in [3.05, 3.63) is 47.5 Å². The summed E-state index contributed by atoms with van der Waals surface area (Å²) in [6.07, 6.45) is 6.34. The highest BCUT2D eigenvalue weighted by atomic mass is 16.5. The molecular formula is C18H16N4O. The number of hydrogen-bond acceptors (Lipinski definition) is 5. The van der Waals surface area contributed by atoms with Crippen molar-refractivity contribution < 1.29 is 4.74 Å². The molecule has 5 heteroatoms. The fraction of sp³-hybridized carbons (Fsp3) is 0.333. The van der Waals surface area contributed by atoms with Gasteiger partial charge in [-0.2, -0.15) is 5.26 Å². The van der Waals surface area contributed by atoms with Gasteiger partial charge in [-0.05, 0) is 29.5 Å². The highest BCUT2D eigenvalue weighted by molar-refractivity contribution is 5.76. The lowest BCUT2D eigenvalue weighted by Crippen LogP contribution is -2.35. The van der Waals surface area contributed by atoms with E-state index < -0.39 is 0 Å². The summed E-state index contributed by atoms with van der Waals surface area (Å²) in [5.41, 5.74) is 4.61. The van der Waals surface area contributed by atoms with Gasteiger partial charge in [0.2, 0.25) is 5.82 Å². The van der Waals surface area contributed by atoms with Gasteiger partial charge in [-0.25, -0.2) is 15.0 Å². The topological polar surface area (TPSA) is 71.2 Å². The summed E-state index contributed by atoms with van der Waals surface area (Å²) < 4.78 is 5.63. The molecule has 2 heterocycles. The lowest BCUT2D eigenvalue weighted by atomic mass is 9.76. The summed E-state index contributed by atoms with van der Waals surface area (Å²) in [6, 6.07) is 8.30. The Hall–Kier alpha value is -2.74. The van der Waals surface area contributed by atoms with Crippen molar-refractivity contribution in [1.29, 1.82) is 5.26 Å². The van der Waals surface area contributed by atoms with E-state index in [0.29, 0.717) is 6.61 Å². The molecular weight excluding hydrogens is 288 g/mol. The highest BCUT2D eigenvalue weighted by Crippen LogP contribution is 2.39. The van der Waals surface area contributed by atoms with Crippen LogP contribution in [0.4, 0.5) is 0 Å². The van der Waals surface area contributed by atoms with Crippen LogP contribution in [-0.2, 0) is 17.6 Å². The first-order valence-corrected chi connectivity index (χ1v) is 7.72. The van der Waals surface area contributed by atoms with E-state index in [1.54, 1.807) is 12.4 Å². The van der Waals surface area contributed by atoms with Gasteiger partial charge in [0, 0.05) is 31.3 Å². The van der Waals surface area contributed by atoms with E-state index in [2.05, 4.69) is 28.2 Å². The minimum absolute atomic E-state index is 0.124. The number of nitrogens with zero attached hydrogens (tertiary/aromatic N) is 4. The standard InChI is InChI=1S/C18H16N4O/c1-12-22-18(11-23-12)6-5-13-3-2-4-15(16(13)7-18)14-9-20-17(8-19)21-10-14/h2-4,9-10H,5-7,11H2,1H3. The van der Waals surface area contributed by atoms with E-state index in [-0.39, 0.29) is 11.4 Å². The van der Waals surface area contributed by atoms with Gasteiger partial charge in [0.05, 0.1) is 0 Å². The zero-order valence-corrected chi connectivity index (χ0v) is 12.9. The minimum Gasteiger partial charge on any atom is -0.479 e. The van der Waals surface area contributed by atoms with Gasteiger partial charge in [-0.15, -0.1) is 0 Å². The summed E-state index contributed by atoms with van der Waals surface area (Å²) in [4.78, 5) is 13.0. The monoisotopic (exact) mass is 304 g/mol. The van der Waals surface area contributed by atoms with Crippen molar-refractivity contribution in [2.24, 2.45) is 4.99 Å². The van der Waals surface area contributed by atoms with Gasteiger partial charge in [0.1, 0.15) is 18.2 Å². The molecule has 0 fully saturated rings. The van der Waals surface area contributed by atoms with Gasteiger partial charge in [0.15, 0.2) is 5.90 Å². The van der Waals surface area contributed by atoms with Crippen LogP contribution in [0, 0.1) is 11.3 Å². The second-order valence-corrected chi connectivity index (χ2v) is 6.17. The molecule has 1 unspecified atom stereocenters. The first-order chi connectivity index (χ1) is 11.2. The van der Waals surface area contributed by atoms with E-state index >= 15 is 0 Å². The van der Waals surface area contributed by atoms with Crippen molar-refractivity contribution in [3.8, 4) is 17.2 Å². The predicted molar refractivity (Wildman–Crippen MR) is 86.0 cm³/mol. The Morgan fingerprint density at radius 1 is 1.26 bits per heavy atom. The number of aromatic nitrogens is 2. The Morgan fingerprint density at radius 3 is 2.78 bits per heavy atom. The maximum absolute atomic E-state index is 8.85. The van der Waals surface area contributed by atoms with Crippen molar-refractivity contribution in [2.45, 2.75) is 31.7 Å². The molecule has 0 saturated heterocycles. The van der Waals surface area contributed by atoms with Crippen LogP contribution < -0.4 is 0 Å². The fourth-order valence-electron chi connectivity index (χ4n) is 3.51. The number of nitriles is 1. The normalized spacial score (nSPS) is 22.2. The lowest BCUT2D eigenvalue weighted by molar-refractivity contribution is 0.236. The maximum Gasteiger partial charge on any atom is 0.232 e. The highest BCUT2D eigenvalue weighted by Gasteiger charge is 2.39. The lowest BCUT2D eigenvalue weighted by Gasteiger charge is -2.32. The van der Waals surface area contributed by atoms with Crippen LogP contribution in [0.3, 0.4) is 0 Å². The molecule has 1 aromatic carbocycles. The molecule has 0 amide bonds. The molecule has 1 spiro atoms. The predicted octanol–water partition coefficient (Wildman–Crippen LogP) is 2.69. The van der Waals surface area contributed by atoms with Gasteiger partial charge in [-0.1, -0.05) is 18.2 Å². The van der Waals surface area contributed by atoms with Crippen molar-refractivity contribution in [1.82, 2.24) is 9.97 Å². The van der Waals surface area contributed by atoms with Crippen molar-refractivity contribution >= 4 is 5.90 Å². The number of benzene rings is 1. The van der Waals surface area contributed by atoms with Crippen molar-refractivity contribution in [2.75, 3.05) is 6.61 Å². The minimum atomic E-state index is -0.124. The largest absolute Gasteiger partial charge is 0.479 e. The Balaban J connectivity index is 1.77. The van der Waals surface area contributed by atoms with Crippen LogP contribution in [0.1, 0.15) is 30.3 Å². The molecule has 114 valence electrons. The average Bonchev–Trinajstić information content (AvgIpc) is 2.95. The Kier molecular flexibility index (Phi) is 3.12. The fourth-order valence-corrected chi connectivity index (χ4v) is 3.51. The van der Waals surface area contributed by atoms with Crippen LogP contribution in [0.15, 0.2) is 35.6 Å². The third-order valence-corrected chi connectivity index (χ3v) is 4.65. The molecule has 0 radical (unpaired) electrons. The molecule has 23 heavy (non-hydrogen) atoms. The second-order valence-electron chi connectivity index (χ2n) is 6.17. The summed E-state index contributed by atoms with van der Waals surface area (Å²) in [5, 5.41) is 8.85. The molecule has 1 aromatic heterocycles. The van der Waals surface area contributed by atoms with Crippen LogP contribution >= 0.6 is 0 Å². The molecule has 0 saturated carbocycles. The number of aliphatic imine (C=N–C) groups is 1. The average molecular weight is 304 g/mol. The Labute approximate surface area is 134 Å². The zero-order valence-electron chi connectivity index (χ0n) is 12.9.